The second-order valence-corrected chi connectivity index (χ2v) is 3.48. The highest BCUT2D eigenvalue weighted by atomic mass is 16.6. The average molecular weight is 203 g/mol. The molecule has 14 heavy (non-hydrogen) atoms. The highest BCUT2D eigenvalue weighted by molar-refractivity contribution is 5.70. The van der Waals surface area contributed by atoms with Crippen molar-refractivity contribution in [2.75, 3.05) is 7.11 Å². The zero-order chi connectivity index (χ0) is 10.7. The summed E-state index contributed by atoms with van der Waals surface area (Å²) >= 11 is 0. The lowest BCUT2D eigenvalue weighted by Crippen LogP contribution is -2.42. The number of hydrogen-bond donors (Lipinski definition) is 1. The number of nitro groups is 1. The van der Waals surface area contributed by atoms with E-state index in [1.807, 2.05) is 0 Å². The summed E-state index contributed by atoms with van der Waals surface area (Å²) in [6, 6.07) is -0.754. The van der Waals surface area contributed by atoms with Gasteiger partial charge < -0.3 is 9.84 Å². The maximum absolute atomic E-state index is 10.7. The normalized spacial score (nSPS) is 32.5. The van der Waals surface area contributed by atoms with Crippen LogP contribution in [-0.2, 0) is 9.53 Å². The number of ether oxygens (including phenoxy) is 1. The lowest BCUT2D eigenvalue weighted by atomic mass is 9.84. The number of hydrogen-bond acceptors (Lipinski definition) is 4. The predicted molar refractivity (Wildman–Crippen MR) is 46.6 cm³/mol. The first-order valence-electron chi connectivity index (χ1n) is 4.45. The SMILES string of the molecule is COC1CC(C(=O)O)CCC1[N+](=O)[O-]. The molecular formula is C8H13NO5. The van der Waals surface area contributed by atoms with Gasteiger partial charge in [0.25, 0.3) is 0 Å². The van der Waals surface area contributed by atoms with Gasteiger partial charge in [0.2, 0.25) is 6.04 Å². The van der Waals surface area contributed by atoms with Crippen molar-refractivity contribution in [2.45, 2.75) is 31.4 Å². The molecule has 0 aromatic rings. The molecule has 1 fully saturated rings. The molecule has 0 heterocycles. The molecule has 0 aliphatic heterocycles. The van der Waals surface area contributed by atoms with Crippen molar-refractivity contribution in [1.82, 2.24) is 0 Å². The van der Waals surface area contributed by atoms with Crippen LogP contribution in [0.4, 0.5) is 0 Å². The Morgan fingerprint density at radius 1 is 1.57 bits per heavy atom. The first kappa shape index (κ1) is 10.9. The third-order valence-corrected chi connectivity index (χ3v) is 2.68. The summed E-state index contributed by atoms with van der Waals surface area (Å²) in [5.74, 6) is -1.40. The third-order valence-electron chi connectivity index (χ3n) is 2.68. The molecular weight excluding hydrogens is 190 g/mol. The maximum atomic E-state index is 10.7. The van der Waals surface area contributed by atoms with Gasteiger partial charge in [0.15, 0.2) is 0 Å². The number of rotatable bonds is 3. The fourth-order valence-corrected chi connectivity index (χ4v) is 1.83. The first-order chi connectivity index (χ1) is 6.56. The molecule has 1 aliphatic carbocycles. The van der Waals surface area contributed by atoms with Crippen LogP contribution in [0.5, 0.6) is 0 Å². The van der Waals surface area contributed by atoms with Gasteiger partial charge in [-0.3, -0.25) is 14.9 Å². The van der Waals surface area contributed by atoms with Crippen molar-refractivity contribution < 1.29 is 19.6 Å². The molecule has 0 aromatic carbocycles. The number of carboxylic acids is 1. The van der Waals surface area contributed by atoms with E-state index in [0.29, 0.717) is 6.42 Å². The Kier molecular flexibility index (Phi) is 3.40. The molecule has 3 unspecified atom stereocenters. The van der Waals surface area contributed by atoms with Crippen LogP contribution in [0.1, 0.15) is 19.3 Å². The summed E-state index contributed by atoms with van der Waals surface area (Å²) in [4.78, 5) is 20.9. The molecule has 1 aliphatic rings. The van der Waals surface area contributed by atoms with Crippen LogP contribution in [0, 0.1) is 16.0 Å². The lowest BCUT2D eigenvalue weighted by Gasteiger charge is -2.27. The Hall–Kier alpha value is -1.17. The Labute approximate surface area is 81.0 Å². The molecule has 0 amide bonds. The summed E-state index contributed by atoms with van der Waals surface area (Å²) in [5, 5.41) is 19.3. The molecule has 0 bridgehead atoms. The predicted octanol–water partition coefficient (Wildman–Crippen LogP) is 0.531. The largest absolute Gasteiger partial charge is 0.481 e. The molecule has 6 heteroatoms. The van der Waals surface area contributed by atoms with Crippen LogP contribution in [0.2, 0.25) is 0 Å². The van der Waals surface area contributed by atoms with Gasteiger partial charge in [-0.1, -0.05) is 0 Å². The number of methoxy groups -OCH3 is 1. The minimum atomic E-state index is -0.895. The van der Waals surface area contributed by atoms with Crippen LogP contribution >= 0.6 is 0 Å². The molecule has 0 spiro atoms. The van der Waals surface area contributed by atoms with E-state index in [1.165, 1.54) is 7.11 Å². The van der Waals surface area contributed by atoms with Gasteiger partial charge in [-0.05, 0) is 12.8 Å². The molecule has 1 saturated carbocycles. The second kappa shape index (κ2) is 4.36. The summed E-state index contributed by atoms with van der Waals surface area (Å²) in [6.07, 6.45) is 0.306. The van der Waals surface area contributed by atoms with Crippen molar-refractivity contribution in [1.29, 1.82) is 0 Å². The minimum absolute atomic E-state index is 0.234. The number of carboxylic acid groups (broad SMARTS) is 1. The number of nitrogens with zero attached hydrogens (tertiary/aromatic N) is 1. The van der Waals surface area contributed by atoms with Gasteiger partial charge >= 0.3 is 5.97 Å². The molecule has 0 saturated heterocycles. The molecule has 0 radical (unpaired) electrons. The van der Waals surface area contributed by atoms with Crippen LogP contribution in [0.25, 0.3) is 0 Å². The molecule has 3 atom stereocenters. The Balaban J connectivity index is 2.63. The van der Waals surface area contributed by atoms with E-state index in [1.54, 1.807) is 0 Å². The summed E-state index contributed by atoms with van der Waals surface area (Å²) < 4.78 is 4.94. The smallest absolute Gasteiger partial charge is 0.306 e. The van der Waals surface area contributed by atoms with E-state index in [9.17, 15) is 14.9 Å². The zero-order valence-electron chi connectivity index (χ0n) is 7.88. The van der Waals surface area contributed by atoms with Crippen LogP contribution in [0.3, 0.4) is 0 Å². The summed E-state index contributed by atoms with van der Waals surface area (Å²) in [7, 11) is 1.38. The van der Waals surface area contributed by atoms with Crippen LogP contribution < -0.4 is 0 Å². The Morgan fingerprint density at radius 2 is 2.21 bits per heavy atom. The summed E-state index contributed by atoms with van der Waals surface area (Å²) in [6.45, 7) is 0. The highest BCUT2D eigenvalue weighted by Gasteiger charge is 2.40. The first-order valence-corrected chi connectivity index (χ1v) is 4.45. The fourth-order valence-electron chi connectivity index (χ4n) is 1.83. The molecule has 1 rings (SSSR count). The van der Waals surface area contributed by atoms with Gasteiger partial charge in [0.1, 0.15) is 6.10 Å². The Morgan fingerprint density at radius 3 is 2.64 bits per heavy atom. The maximum Gasteiger partial charge on any atom is 0.306 e. The second-order valence-electron chi connectivity index (χ2n) is 3.48. The zero-order valence-corrected chi connectivity index (χ0v) is 7.88. The highest BCUT2D eigenvalue weighted by Crippen LogP contribution is 2.28. The number of aliphatic carboxylic acids is 1. The van der Waals surface area contributed by atoms with Crippen molar-refractivity contribution in [3.8, 4) is 0 Å². The minimum Gasteiger partial charge on any atom is -0.481 e. The molecule has 80 valence electrons. The molecule has 6 nitrogen and oxygen atoms in total. The van der Waals surface area contributed by atoms with Crippen molar-refractivity contribution >= 4 is 5.97 Å². The van der Waals surface area contributed by atoms with Gasteiger partial charge in [0.05, 0.1) is 5.92 Å². The van der Waals surface area contributed by atoms with Gasteiger partial charge in [0, 0.05) is 18.5 Å². The van der Waals surface area contributed by atoms with E-state index < -0.39 is 24.0 Å². The average Bonchev–Trinajstić information content (AvgIpc) is 2.16. The van der Waals surface area contributed by atoms with Crippen molar-refractivity contribution in [2.24, 2.45) is 5.92 Å². The monoisotopic (exact) mass is 203 g/mol. The van der Waals surface area contributed by atoms with Crippen LogP contribution in [-0.4, -0.2) is 35.3 Å². The van der Waals surface area contributed by atoms with E-state index >= 15 is 0 Å². The van der Waals surface area contributed by atoms with E-state index in [4.69, 9.17) is 9.84 Å². The Bertz CT molecular complexity index is 242. The van der Waals surface area contributed by atoms with E-state index in [-0.39, 0.29) is 17.8 Å². The number of carbonyl (C=O) groups is 1. The van der Waals surface area contributed by atoms with Gasteiger partial charge in [-0.2, -0.15) is 0 Å². The molecule has 0 aromatic heterocycles. The quantitative estimate of drug-likeness (QED) is 0.533. The summed E-state index contributed by atoms with van der Waals surface area (Å²) in [5.41, 5.74) is 0. The standard InChI is InChI=1S/C8H13NO5/c1-14-7-4-5(8(10)11)2-3-6(7)9(12)13/h5-7H,2-4H2,1H3,(H,10,11). The lowest BCUT2D eigenvalue weighted by molar-refractivity contribution is -0.539. The molecule has 1 N–H and O–H groups in total. The topological polar surface area (TPSA) is 89.7 Å². The van der Waals surface area contributed by atoms with Crippen LogP contribution in [0.15, 0.2) is 0 Å². The fraction of sp³-hybridized carbons (Fsp3) is 0.875. The van der Waals surface area contributed by atoms with E-state index in [0.717, 1.165) is 0 Å². The third kappa shape index (κ3) is 2.20. The van der Waals surface area contributed by atoms with Crippen molar-refractivity contribution in [3.63, 3.8) is 0 Å². The van der Waals surface area contributed by atoms with E-state index in [2.05, 4.69) is 0 Å². The van der Waals surface area contributed by atoms with Crippen molar-refractivity contribution in [3.05, 3.63) is 10.1 Å². The van der Waals surface area contributed by atoms with Gasteiger partial charge in [-0.15, -0.1) is 0 Å². The van der Waals surface area contributed by atoms with Gasteiger partial charge in [-0.25, -0.2) is 0 Å².